The van der Waals surface area contributed by atoms with E-state index in [-0.39, 0.29) is 0 Å². The predicted octanol–water partition coefficient (Wildman–Crippen LogP) is 6.84. The van der Waals surface area contributed by atoms with E-state index in [0.717, 1.165) is 18.6 Å². The zero-order chi connectivity index (χ0) is 19.0. The lowest BCUT2D eigenvalue weighted by Gasteiger charge is -2.06. The summed E-state index contributed by atoms with van der Waals surface area (Å²) >= 11 is 0. The van der Waals surface area contributed by atoms with E-state index in [9.17, 15) is 0 Å². The molecule has 0 radical (unpaired) electrons. The number of hydrogen-bond acceptors (Lipinski definition) is 2. The molecule has 0 saturated carbocycles. The van der Waals surface area contributed by atoms with Gasteiger partial charge in [-0.05, 0) is 68.6 Å². The number of rotatable bonds is 11. The lowest BCUT2D eigenvalue weighted by molar-refractivity contribution is 0.589. The molecule has 26 heavy (non-hydrogen) atoms. The van der Waals surface area contributed by atoms with Gasteiger partial charge in [-0.1, -0.05) is 65.4 Å². The molecular weight excluding hydrogens is 316 g/mol. The molecule has 1 N–H and O–H groups in total. The predicted molar refractivity (Wildman–Crippen MR) is 117 cm³/mol. The molecule has 1 heterocycles. The molecule has 1 aromatic carbocycles. The second-order valence-electron chi connectivity index (χ2n) is 7.20. The first-order valence-corrected chi connectivity index (χ1v) is 10.8. The van der Waals surface area contributed by atoms with Gasteiger partial charge in [0.15, 0.2) is 0 Å². The SMILES string of the molecule is CCCCCCCCCc1ccc2nccc(C)c2c1.CCCNCC. The standard InChI is InChI=1S/C19H27N.C5H13N/c1-3-4-5-6-7-8-9-10-17-11-12-19-18(15-17)16(2)13-14-20-19;1-3-5-6-4-2/h11-15H,3-10H2,1-2H3;6H,3-5H2,1-2H3. The molecule has 0 aliphatic carbocycles. The highest BCUT2D eigenvalue weighted by Crippen LogP contribution is 2.19. The van der Waals surface area contributed by atoms with Crippen LogP contribution in [0.2, 0.25) is 0 Å². The Morgan fingerprint density at radius 2 is 1.58 bits per heavy atom. The van der Waals surface area contributed by atoms with Gasteiger partial charge in [0, 0.05) is 11.6 Å². The monoisotopic (exact) mass is 356 g/mol. The molecule has 0 aliphatic rings. The summed E-state index contributed by atoms with van der Waals surface area (Å²) in [5.41, 5.74) is 3.91. The molecule has 146 valence electrons. The number of aromatic nitrogens is 1. The average molecular weight is 357 g/mol. The van der Waals surface area contributed by atoms with Crippen molar-refractivity contribution in [1.82, 2.24) is 10.3 Å². The van der Waals surface area contributed by atoms with Crippen LogP contribution in [0.15, 0.2) is 30.5 Å². The number of hydrogen-bond donors (Lipinski definition) is 1. The van der Waals surface area contributed by atoms with Gasteiger partial charge in [-0.25, -0.2) is 0 Å². The highest BCUT2D eigenvalue weighted by Gasteiger charge is 2.00. The Morgan fingerprint density at radius 1 is 0.846 bits per heavy atom. The van der Waals surface area contributed by atoms with Crippen molar-refractivity contribution < 1.29 is 0 Å². The second kappa shape index (κ2) is 14.7. The van der Waals surface area contributed by atoms with Crippen LogP contribution in [0.5, 0.6) is 0 Å². The van der Waals surface area contributed by atoms with Gasteiger partial charge in [-0.2, -0.15) is 0 Å². The molecule has 0 atom stereocenters. The Bertz CT molecular complexity index is 588. The number of aryl methyl sites for hydroxylation is 2. The number of fused-ring (bicyclic) bond motifs is 1. The van der Waals surface area contributed by atoms with Crippen LogP contribution >= 0.6 is 0 Å². The van der Waals surface area contributed by atoms with Crippen molar-refractivity contribution >= 4 is 10.9 Å². The van der Waals surface area contributed by atoms with E-state index in [1.807, 2.05) is 6.20 Å². The molecule has 2 nitrogen and oxygen atoms in total. The fourth-order valence-electron chi connectivity index (χ4n) is 3.13. The van der Waals surface area contributed by atoms with Gasteiger partial charge in [0.2, 0.25) is 0 Å². The Hall–Kier alpha value is -1.41. The molecule has 1 aromatic heterocycles. The molecule has 0 spiro atoms. The molecule has 0 aliphatic heterocycles. The van der Waals surface area contributed by atoms with Gasteiger partial charge in [0.1, 0.15) is 0 Å². The van der Waals surface area contributed by atoms with E-state index < -0.39 is 0 Å². The van der Waals surface area contributed by atoms with E-state index in [0.29, 0.717) is 0 Å². The van der Waals surface area contributed by atoms with Gasteiger partial charge in [-0.15, -0.1) is 0 Å². The van der Waals surface area contributed by atoms with Crippen molar-refractivity contribution in [2.75, 3.05) is 13.1 Å². The van der Waals surface area contributed by atoms with Crippen LogP contribution in [0.25, 0.3) is 10.9 Å². The lowest BCUT2D eigenvalue weighted by Crippen LogP contribution is -2.12. The third-order valence-corrected chi connectivity index (χ3v) is 4.77. The lowest BCUT2D eigenvalue weighted by atomic mass is 10.0. The summed E-state index contributed by atoms with van der Waals surface area (Å²) in [5, 5.41) is 4.51. The number of nitrogens with zero attached hydrogens (tertiary/aromatic N) is 1. The van der Waals surface area contributed by atoms with Crippen LogP contribution in [0.4, 0.5) is 0 Å². The molecule has 0 saturated heterocycles. The summed E-state index contributed by atoms with van der Waals surface area (Å²) in [6.07, 6.45) is 14.0. The zero-order valence-corrected chi connectivity index (χ0v) is 17.6. The maximum atomic E-state index is 4.42. The number of pyridine rings is 1. The fourth-order valence-corrected chi connectivity index (χ4v) is 3.13. The topological polar surface area (TPSA) is 24.9 Å². The van der Waals surface area contributed by atoms with Crippen LogP contribution in [-0.4, -0.2) is 18.1 Å². The quantitative estimate of drug-likeness (QED) is 0.446. The first kappa shape index (κ1) is 22.6. The third-order valence-electron chi connectivity index (χ3n) is 4.77. The average Bonchev–Trinajstić information content (AvgIpc) is 2.67. The first-order chi connectivity index (χ1) is 12.7. The minimum absolute atomic E-state index is 1.10. The van der Waals surface area contributed by atoms with E-state index in [1.165, 1.54) is 74.3 Å². The first-order valence-electron chi connectivity index (χ1n) is 10.8. The van der Waals surface area contributed by atoms with E-state index in [4.69, 9.17) is 0 Å². The molecule has 2 aromatic rings. The van der Waals surface area contributed by atoms with Gasteiger partial charge < -0.3 is 5.32 Å². The van der Waals surface area contributed by atoms with Gasteiger partial charge in [0.05, 0.1) is 5.52 Å². The summed E-state index contributed by atoms with van der Waals surface area (Å²) in [4.78, 5) is 4.42. The van der Waals surface area contributed by atoms with Crippen LogP contribution < -0.4 is 5.32 Å². The summed E-state index contributed by atoms with van der Waals surface area (Å²) in [7, 11) is 0. The minimum atomic E-state index is 1.10. The zero-order valence-electron chi connectivity index (χ0n) is 17.6. The van der Waals surface area contributed by atoms with E-state index >= 15 is 0 Å². The van der Waals surface area contributed by atoms with Crippen LogP contribution in [0, 0.1) is 6.92 Å². The maximum absolute atomic E-state index is 4.42. The van der Waals surface area contributed by atoms with Crippen molar-refractivity contribution in [2.24, 2.45) is 0 Å². The Kier molecular flexibility index (Phi) is 12.8. The number of benzene rings is 1. The Balaban J connectivity index is 0.000000487. The summed E-state index contributed by atoms with van der Waals surface area (Å²) in [6, 6.07) is 8.83. The molecule has 0 fully saturated rings. The number of unbranched alkanes of at least 4 members (excludes halogenated alkanes) is 6. The van der Waals surface area contributed by atoms with Gasteiger partial charge in [-0.3, -0.25) is 4.98 Å². The van der Waals surface area contributed by atoms with Crippen LogP contribution in [0.3, 0.4) is 0 Å². The molecule has 0 unspecified atom stereocenters. The normalized spacial score (nSPS) is 10.6. The van der Waals surface area contributed by atoms with Crippen molar-refractivity contribution in [3.63, 3.8) is 0 Å². The Morgan fingerprint density at radius 3 is 2.23 bits per heavy atom. The highest BCUT2D eigenvalue weighted by molar-refractivity contribution is 5.82. The van der Waals surface area contributed by atoms with Crippen molar-refractivity contribution in [3.8, 4) is 0 Å². The molecule has 2 rings (SSSR count). The van der Waals surface area contributed by atoms with Gasteiger partial charge in [0.25, 0.3) is 0 Å². The molecule has 0 amide bonds. The van der Waals surface area contributed by atoms with Gasteiger partial charge >= 0.3 is 0 Å². The van der Waals surface area contributed by atoms with Crippen molar-refractivity contribution in [2.45, 2.75) is 85.5 Å². The minimum Gasteiger partial charge on any atom is -0.317 e. The number of nitrogens with one attached hydrogen (secondary N) is 1. The molecule has 0 bridgehead atoms. The molecular formula is C24H40N2. The van der Waals surface area contributed by atoms with E-state index in [2.05, 4.69) is 62.3 Å². The van der Waals surface area contributed by atoms with Crippen molar-refractivity contribution in [3.05, 3.63) is 41.6 Å². The highest BCUT2D eigenvalue weighted by atomic mass is 14.8. The maximum Gasteiger partial charge on any atom is 0.0704 e. The second-order valence-corrected chi connectivity index (χ2v) is 7.20. The van der Waals surface area contributed by atoms with Crippen LogP contribution in [0.1, 0.15) is 83.3 Å². The van der Waals surface area contributed by atoms with E-state index in [1.54, 1.807) is 0 Å². The van der Waals surface area contributed by atoms with Crippen LogP contribution in [-0.2, 0) is 6.42 Å². The fraction of sp³-hybridized carbons (Fsp3) is 0.625. The summed E-state index contributed by atoms with van der Waals surface area (Å²) in [6.45, 7) is 11.0. The Labute approximate surface area is 161 Å². The third kappa shape index (κ3) is 9.33. The summed E-state index contributed by atoms with van der Waals surface area (Å²) < 4.78 is 0. The smallest absolute Gasteiger partial charge is 0.0704 e. The van der Waals surface area contributed by atoms with Crippen molar-refractivity contribution in [1.29, 1.82) is 0 Å². The summed E-state index contributed by atoms with van der Waals surface area (Å²) in [5.74, 6) is 0. The molecule has 2 heteroatoms. The largest absolute Gasteiger partial charge is 0.317 e.